The molecule has 0 bridgehead atoms. The molecule has 3 aromatic rings. The molecule has 6 nitrogen and oxygen atoms in total. The Balaban J connectivity index is 1.78. The number of hydrogen-bond donors (Lipinski definition) is 2. The summed E-state index contributed by atoms with van der Waals surface area (Å²) in [5.74, 6) is -0.648. The fourth-order valence-electron chi connectivity index (χ4n) is 4.92. The Hall–Kier alpha value is -2.23. The molecule has 0 radical (unpaired) electrons. The summed E-state index contributed by atoms with van der Waals surface area (Å²) >= 11 is 7.13. The van der Waals surface area contributed by atoms with Crippen LogP contribution in [0.4, 0.5) is 0 Å². The van der Waals surface area contributed by atoms with Crippen LogP contribution in [0.25, 0.3) is 10.4 Å². The summed E-state index contributed by atoms with van der Waals surface area (Å²) in [6.45, 7) is 9.23. The van der Waals surface area contributed by atoms with Gasteiger partial charge in [0, 0.05) is 21.4 Å². The molecule has 2 aromatic carbocycles. The Labute approximate surface area is 228 Å². The number of benzene rings is 2. The molecule has 37 heavy (non-hydrogen) atoms. The van der Waals surface area contributed by atoms with E-state index in [4.69, 9.17) is 22.1 Å². The topological polar surface area (TPSA) is 98.5 Å². The zero-order valence-corrected chi connectivity index (χ0v) is 24.0. The summed E-state index contributed by atoms with van der Waals surface area (Å²) in [7, 11) is -4.10. The SMILES string of the molecule is CC(C)C(N)C1(c2ccccc2)CC1(NS(=O)(=O)c1ccc(-c2ccc(Cl)cc2)s1)C(=O)OC(C)(C)C. The monoisotopic (exact) mass is 560 g/mol. The predicted molar refractivity (Wildman–Crippen MR) is 149 cm³/mol. The average Bonchev–Trinajstić information content (AvgIpc) is 3.21. The molecule has 0 amide bonds. The van der Waals surface area contributed by atoms with Crippen molar-refractivity contribution in [2.45, 2.75) is 67.8 Å². The minimum atomic E-state index is -4.10. The lowest BCUT2D eigenvalue weighted by atomic mass is 9.79. The van der Waals surface area contributed by atoms with Crippen molar-refractivity contribution in [1.82, 2.24) is 4.72 Å². The van der Waals surface area contributed by atoms with Crippen molar-refractivity contribution in [2.24, 2.45) is 11.7 Å². The maximum atomic E-state index is 13.8. The Bertz CT molecular complexity index is 1380. The van der Waals surface area contributed by atoms with E-state index >= 15 is 0 Å². The van der Waals surface area contributed by atoms with Crippen LogP contribution in [0.1, 0.15) is 46.6 Å². The van der Waals surface area contributed by atoms with Crippen molar-refractivity contribution in [3.63, 3.8) is 0 Å². The van der Waals surface area contributed by atoms with Gasteiger partial charge in [0.25, 0.3) is 10.0 Å². The smallest absolute Gasteiger partial charge is 0.328 e. The zero-order chi connectivity index (χ0) is 27.2. The Morgan fingerprint density at radius 3 is 2.24 bits per heavy atom. The molecule has 3 unspecified atom stereocenters. The number of halogens is 1. The number of esters is 1. The average molecular weight is 561 g/mol. The van der Waals surface area contributed by atoms with Crippen molar-refractivity contribution in [3.8, 4) is 10.4 Å². The van der Waals surface area contributed by atoms with Crippen LogP contribution >= 0.6 is 22.9 Å². The molecule has 9 heteroatoms. The first kappa shape index (κ1) is 27.8. The van der Waals surface area contributed by atoms with Crippen molar-refractivity contribution in [2.75, 3.05) is 0 Å². The van der Waals surface area contributed by atoms with Crippen molar-refractivity contribution in [1.29, 1.82) is 0 Å². The third kappa shape index (κ3) is 5.22. The van der Waals surface area contributed by atoms with Gasteiger partial charge in [0.15, 0.2) is 0 Å². The fraction of sp³-hybridized carbons (Fsp3) is 0.393. The van der Waals surface area contributed by atoms with E-state index < -0.39 is 38.6 Å². The second-order valence-corrected chi connectivity index (χ2v) is 14.4. The van der Waals surface area contributed by atoms with Crippen molar-refractivity contribution in [3.05, 3.63) is 77.3 Å². The summed E-state index contributed by atoms with van der Waals surface area (Å²) in [5.41, 5.74) is 5.10. The van der Waals surface area contributed by atoms with Gasteiger partial charge < -0.3 is 10.5 Å². The lowest BCUT2D eigenvalue weighted by Gasteiger charge is -2.34. The number of rotatable bonds is 8. The van der Waals surface area contributed by atoms with Crippen LogP contribution in [0, 0.1) is 5.92 Å². The van der Waals surface area contributed by atoms with Gasteiger partial charge in [-0.25, -0.2) is 13.2 Å². The van der Waals surface area contributed by atoms with Crippen LogP contribution in [-0.4, -0.2) is 31.6 Å². The molecule has 4 rings (SSSR count). The summed E-state index contributed by atoms with van der Waals surface area (Å²) in [6, 6.07) is 19.4. The van der Waals surface area contributed by atoms with Crippen LogP contribution in [0.15, 0.2) is 70.9 Å². The molecule has 3 atom stereocenters. The van der Waals surface area contributed by atoms with Gasteiger partial charge in [-0.05, 0) is 68.5 Å². The number of nitrogens with two attached hydrogens (primary N) is 1. The second-order valence-electron chi connectivity index (χ2n) is 10.9. The van der Waals surface area contributed by atoms with Gasteiger partial charge in [-0.2, -0.15) is 4.72 Å². The van der Waals surface area contributed by atoms with Crippen LogP contribution in [0.2, 0.25) is 5.02 Å². The Morgan fingerprint density at radius 1 is 1.05 bits per heavy atom. The fourth-order valence-corrected chi connectivity index (χ4v) is 7.77. The molecule has 1 aromatic heterocycles. The first-order valence-electron chi connectivity index (χ1n) is 12.2. The molecule has 0 spiro atoms. The van der Waals surface area contributed by atoms with Crippen LogP contribution < -0.4 is 10.5 Å². The molecule has 1 heterocycles. The molecule has 1 saturated carbocycles. The highest BCUT2D eigenvalue weighted by molar-refractivity contribution is 7.91. The number of carbonyl (C=O) groups is 1. The van der Waals surface area contributed by atoms with Crippen LogP contribution in [0.5, 0.6) is 0 Å². The number of ether oxygens (including phenoxy) is 1. The predicted octanol–water partition coefficient (Wildman–Crippen LogP) is 5.75. The normalized spacial score (nSPS) is 22.6. The molecule has 0 saturated heterocycles. The van der Waals surface area contributed by atoms with Gasteiger partial charge in [-0.1, -0.05) is 67.9 Å². The largest absolute Gasteiger partial charge is 0.459 e. The number of sulfonamides is 1. The van der Waals surface area contributed by atoms with Gasteiger partial charge in [-0.3, -0.25) is 0 Å². The highest BCUT2D eigenvalue weighted by Gasteiger charge is 2.78. The summed E-state index contributed by atoms with van der Waals surface area (Å²) < 4.78 is 36.3. The second kappa shape index (κ2) is 9.82. The number of hydrogen-bond acceptors (Lipinski definition) is 6. The van der Waals surface area contributed by atoms with E-state index in [1.165, 1.54) is 0 Å². The van der Waals surface area contributed by atoms with Gasteiger partial charge in [0.1, 0.15) is 15.3 Å². The number of thiophene rings is 1. The van der Waals surface area contributed by atoms with Crippen molar-refractivity contribution < 1.29 is 17.9 Å². The maximum Gasteiger partial charge on any atom is 0.328 e. The summed E-state index contributed by atoms with van der Waals surface area (Å²) in [6.07, 6.45) is 0.201. The lowest BCUT2D eigenvalue weighted by molar-refractivity contribution is -0.159. The zero-order valence-electron chi connectivity index (χ0n) is 21.6. The maximum absolute atomic E-state index is 13.8. The standard InChI is InChI=1S/C28H33ClN2O4S2/c1-18(2)24(30)27(20-9-7-6-8-10-20)17-28(27,25(32)35-26(3,4)5)31-37(33,34)23-16-15-22(36-23)19-11-13-21(29)14-12-19/h6-16,18,24,31H,17,30H2,1-5H3. The van der Waals surface area contributed by atoms with E-state index in [0.717, 1.165) is 27.3 Å². The van der Waals surface area contributed by atoms with E-state index in [2.05, 4.69) is 4.72 Å². The highest BCUT2D eigenvalue weighted by atomic mass is 35.5. The summed E-state index contributed by atoms with van der Waals surface area (Å²) in [4.78, 5) is 14.6. The van der Waals surface area contributed by atoms with E-state index in [-0.39, 0.29) is 16.5 Å². The third-order valence-corrected chi connectivity index (χ3v) is 10.2. The van der Waals surface area contributed by atoms with Gasteiger partial charge >= 0.3 is 5.97 Å². The number of nitrogens with one attached hydrogen (secondary N) is 1. The molecular weight excluding hydrogens is 528 g/mol. The minimum Gasteiger partial charge on any atom is -0.459 e. The Kier molecular flexibility index (Phi) is 7.38. The first-order chi connectivity index (χ1) is 17.2. The van der Waals surface area contributed by atoms with Crippen molar-refractivity contribution >= 4 is 38.9 Å². The molecule has 198 valence electrons. The van der Waals surface area contributed by atoms with Crippen LogP contribution in [0.3, 0.4) is 0 Å². The summed E-state index contributed by atoms with van der Waals surface area (Å²) in [5, 5.41) is 0.599. The van der Waals surface area contributed by atoms with Gasteiger partial charge in [-0.15, -0.1) is 11.3 Å². The van der Waals surface area contributed by atoms with Gasteiger partial charge in [0.05, 0.1) is 0 Å². The van der Waals surface area contributed by atoms with E-state index in [9.17, 15) is 13.2 Å². The Morgan fingerprint density at radius 2 is 1.68 bits per heavy atom. The molecule has 1 aliphatic rings. The first-order valence-corrected chi connectivity index (χ1v) is 14.8. The molecule has 1 aliphatic carbocycles. The molecule has 1 fully saturated rings. The van der Waals surface area contributed by atoms with E-state index in [1.807, 2.05) is 56.3 Å². The lowest BCUT2D eigenvalue weighted by Crippen LogP contribution is -2.56. The van der Waals surface area contributed by atoms with E-state index in [0.29, 0.717) is 5.02 Å². The quantitative estimate of drug-likeness (QED) is 0.342. The highest BCUT2D eigenvalue weighted by Crippen LogP contribution is 2.62. The molecular formula is C28H33ClN2O4S2. The number of carbonyl (C=O) groups excluding carboxylic acids is 1. The van der Waals surface area contributed by atoms with Gasteiger partial charge in [0.2, 0.25) is 0 Å². The molecule has 0 aliphatic heterocycles. The third-order valence-electron chi connectivity index (χ3n) is 6.79. The van der Waals surface area contributed by atoms with Crippen LogP contribution in [-0.2, 0) is 25.0 Å². The minimum absolute atomic E-state index is 0.0210. The van der Waals surface area contributed by atoms with E-state index in [1.54, 1.807) is 45.0 Å². The molecule has 3 N–H and O–H groups in total.